The highest BCUT2D eigenvalue weighted by molar-refractivity contribution is 5.85. The first-order valence-electron chi connectivity index (χ1n) is 9.34. The summed E-state index contributed by atoms with van der Waals surface area (Å²) in [5.74, 6) is -0.163. The van der Waals surface area contributed by atoms with E-state index < -0.39 is 0 Å². The second-order valence-electron chi connectivity index (χ2n) is 6.92. The molecule has 1 heterocycles. The van der Waals surface area contributed by atoms with Crippen molar-refractivity contribution in [3.63, 3.8) is 0 Å². The fourth-order valence-corrected chi connectivity index (χ4v) is 3.70. The van der Waals surface area contributed by atoms with Gasteiger partial charge in [-0.05, 0) is 36.9 Å². The molecule has 0 spiro atoms. The molecule has 2 aliphatic rings. The third-order valence-electron chi connectivity index (χ3n) is 5.07. The summed E-state index contributed by atoms with van der Waals surface area (Å²) in [5.41, 5.74) is 2.59. The first kappa shape index (κ1) is 20.5. The summed E-state index contributed by atoms with van der Waals surface area (Å²) in [4.78, 5) is 23.9. The summed E-state index contributed by atoms with van der Waals surface area (Å²) in [6, 6.07) is 8.45. The zero-order valence-electron chi connectivity index (χ0n) is 15.1. The molecular weight excluding hydrogens is 352 g/mol. The van der Waals surface area contributed by atoms with Crippen LogP contribution in [0.5, 0.6) is 0 Å². The van der Waals surface area contributed by atoms with Crippen LogP contribution >= 0.6 is 12.4 Å². The second kappa shape index (κ2) is 10.4. The number of rotatable bonds is 5. The molecule has 7 heteroatoms. The minimum absolute atomic E-state index is 0. The van der Waals surface area contributed by atoms with Crippen LogP contribution in [-0.2, 0) is 11.2 Å². The van der Waals surface area contributed by atoms with Gasteiger partial charge >= 0.3 is 6.03 Å². The Labute approximate surface area is 161 Å². The van der Waals surface area contributed by atoms with Crippen molar-refractivity contribution in [1.82, 2.24) is 21.3 Å². The number of halogens is 1. The summed E-state index contributed by atoms with van der Waals surface area (Å²) in [6.45, 7) is 1.45. The molecule has 1 aliphatic carbocycles. The molecule has 1 aliphatic heterocycles. The van der Waals surface area contributed by atoms with Crippen molar-refractivity contribution in [1.29, 1.82) is 0 Å². The van der Waals surface area contributed by atoms with E-state index in [4.69, 9.17) is 0 Å². The Balaban J connectivity index is 0.00000243. The van der Waals surface area contributed by atoms with Gasteiger partial charge in [-0.15, -0.1) is 12.4 Å². The number of carbonyl (C=O) groups excluding carboxylic acids is 2. The predicted octanol–water partition coefficient (Wildman–Crippen LogP) is 2.04. The largest absolute Gasteiger partial charge is 0.353 e. The number of hydrogen-bond donors (Lipinski definition) is 4. The summed E-state index contributed by atoms with van der Waals surface area (Å²) in [5, 5.41) is 11.9. The molecule has 4 N–H and O–H groups in total. The number of hydrogen-bond acceptors (Lipinski definition) is 3. The number of urea groups is 1. The zero-order chi connectivity index (χ0) is 17.5. The topological polar surface area (TPSA) is 82.3 Å². The lowest BCUT2D eigenvalue weighted by molar-refractivity contribution is -0.120. The normalized spacial score (nSPS) is 19.6. The van der Waals surface area contributed by atoms with Gasteiger partial charge in [0.1, 0.15) is 0 Å². The third-order valence-corrected chi connectivity index (χ3v) is 5.07. The Morgan fingerprint density at radius 3 is 2.65 bits per heavy atom. The number of fused-ring (bicyclic) bond motifs is 1. The summed E-state index contributed by atoms with van der Waals surface area (Å²) < 4.78 is 0. The molecule has 1 atom stereocenters. The minimum atomic E-state index is -0.247. The number of nitrogens with one attached hydrogen (secondary N) is 4. The van der Waals surface area contributed by atoms with Gasteiger partial charge in [0.15, 0.2) is 0 Å². The predicted molar refractivity (Wildman–Crippen MR) is 105 cm³/mol. The van der Waals surface area contributed by atoms with Crippen molar-refractivity contribution >= 4 is 24.3 Å². The van der Waals surface area contributed by atoms with E-state index in [0.29, 0.717) is 6.54 Å². The number of benzene rings is 1. The van der Waals surface area contributed by atoms with E-state index in [9.17, 15) is 9.59 Å². The molecule has 6 nitrogen and oxygen atoms in total. The highest BCUT2D eigenvalue weighted by Crippen LogP contribution is 2.21. The van der Waals surface area contributed by atoms with Crippen LogP contribution in [0.2, 0.25) is 0 Å². The van der Waals surface area contributed by atoms with Crippen molar-refractivity contribution in [2.24, 2.45) is 0 Å². The molecule has 0 radical (unpaired) electrons. The van der Waals surface area contributed by atoms with Crippen molar-refractivity contribution in [3.05, 3.63) is 35.4 Å². The van der Waals surface area contributed by atoms with Gasteiger partial charge in [0, 0.05) is 18.6 Å². The van der Waals surface area contributed by atoms with Crippen LogP contribution in [0.1, 0.15) is 49.3 Å². The van der Waals surface area contributed by atoms with Gasteiger partial charge < -0.3 is 21.3 Å². The molecule has 1 aromatic rings. The van der Waals surface area contributed by atoms with Gasteiger partial charge in [-0.25, -0.2) is 4.79 Å². The van der Waals surface area contributed by atoms with Crippen molar-refractivity contribution in [2.75, 3.05) is 19.6 Å². The molecule has 3 rings (SSSR count). The third kappa shape index (κ3) is 5.88. The number of carbonyl (C=O) groups is 2. The zero-order valence-corrected chi connectivity index (χ0v) is 15.9. The van der Waals surface area contributed by atoms with E-state index in [-0.39, 0.29) is 43.0 Å². The maximum absolute atomic E-state index is 12.0. The summed E-state index contributed by atoms with van der Waals surface area (Å²) >= 11 is 0. The lowest BCUT2D eigenvalue weighted by atomic mass is 9.94. The Hall–Kier alpha value is -1.79. The average Bonchev–Trinajstić information content (AvgIpc) is 2.65. The van der Waals surface area contributed by atoms with E-state index in [2.05, 4.69) is 39.5 Å². The van der Waals surface area contributed by atoms with Crippen LogP contribution in [-0.4, -0.2) is 37.6 Å². The molecule has 1 saturated carbocycles. The molecule has 0 bridgehead atoms. The first-order chi connectivity index (χ1) is 12.2. The van der Waals surface area contributed by atoms with Crippen LogP contribution in [0.3, 0.4) is 0 Å². The first-order valence-corrected chi connectivity index (χ1v) is 9.34. The van der Waals surface area contributed by atoms with Crippen molar-refractivity contribution in [2.45, 2.75) is 50.6 Å². The van der Waals surface area contributed by atoms with Crippen LogP contribution in [0.25, 0.3) is 0 Å². The van der Waals surface area contributed by atoms with Gasteiger partial charge in [0.05, 0.1) is 6.54 Å². The minimum Gasteiger partial charge on any atom is -0.353 e. The molecule has 1 fully saturated rings. The quantitative estimate of drug-likeness (QED) is 0.631. The lowest BCUT2D eigenvalue weighted by Gasteiger charge is -2.27. The van der Waals surface area contributed by atoms with Gasteiger partial charge in [-0.2, -0.15) is 0 Å². The van der Waals surface area contributed by atoms with Crippen molar-refractivity contribution < 1.29 is 9.59 Å². The van der Waals surface area contributed by atoms with Gasteiger partial charge in [-0.3, -0.25) is 4.79 Å². The highest BCUT2D eigenvalue weighted by atomic mass is 35.5. The van der Waals surface area contributed by atoms with E-state index in [0.717, 1.165) is 25.8 Å². The second-order valence-corrected chi connectivity index (χ2v) is 6.92. The fraction of sp³-hybridized carbons (Fsp3) is 0.579. The summed E-state index contributed by atoms with van der Waals surface area (Å²) in [6.07, 6.45) is 6.67. The van der Waals surface area contributed by atoms with Gasteiger partial charge in [0.25, 0.3) is 0 Å². The maximum Gasteiger partial charge on any atom is 0.315 e. The molecular formula is C19H29ClN4O2. The molecule has 0 aromatic heterocycles. The Morgan fingerprint density at radius 1 is 1.08 bits per heavy atom. The van der Waals surface area contributed by atoms with Gasteiger partial charge in [-0.1, -0.05) is 43.5 Å². The fourth-order valence-electron chi connectivity index (χ4n) is 3.70. The van der Waals surface area contributed by atoms with Crippen LogP contribution in [0, 0.1) is 0 Å². The number of amides is 3. The maximum atomic E-state index is 12.0. The molecule has 3 amide bonds. The highest BCUT2D eigenvalue weighted by Gasteiger charge is 2.20. The molecule has 0 saturated heterocycles. The monoisotopic (exact) mass is 380 g/mol. The summed E-state index contributed by atoms with van der Waals surface area (Å²) in [7, 11) is 0. The van der Waals surface area contributed by atoms with Gasteiger partial charge in [0.2, 0.25) is 5.91 Å². The van der Waals surface area contributed by atoms with E-state index in [1.54, 1.807) is 0 Å². The van der Waals surface area contributed by atoms with Crippen LogP contribution in [0.15, 0.2) is 24.3 Å². The Kier molecular flexibility index (Phi) is 8.19. The molecule has 1 unspecified atom stereocenters. The lowest BCUT2D eigenvalue weighted by Crippen LogP contribution is -2.47. The Bertz CT molecular complexity index is 605. The van der Waals surface area contributed by atoms with Crippen LogP contribution in [0.4, 0.5) is 4.79 Å². The smallest absolute Gasteiger partial charge is 0.315 e. The molecule has 1 aromatic carbocycles. The average molecular weight is 381 g/mol. The molecule has 144 valence electrons. The Morgan fingerprint density at radius 2 is 1.85 bits per heavy atom. The van der Waals surface area contributed by atoms with E-state index >= 15 is 0 Å². The van der Waals surface area contributed by atoms with Crippen molar-refractivity contribution in [3.8, 4) is 0 Å². The van der Waals surface area contributed by atoms with Crippen LogP contribution < -0.4 is 21.3 Å². The SMILES string of the molecule is Cl.O=C(CNC(=O)NC1CCCCC1)NCC1NCCc2ccccc21. The van der Waals surface area contributed by atoms with E-state index in [1.165, 1.54) is 30.4 Å². The molecule has 26 heavy (non-hydrogen) atoms. The van der Waals surface area contributed by atoms with E-state index in [1.807, 2.05) is 6.07 Å². The standard InChI is InChI=1S/C19H28N4O2.ClH/c24-18(13-22-19(25)23-15-7-2-1-3-8-15)21-12-17-16-9-5-4-6-14(16)10-11-20-17;/h4-6,9,15,17,20H,1-3,7-8,10-13H2,(H,21,24)(H2,22,23,25);1H.